The standard InChI is InChI=1S/C20H25N3O4/c1-25-17-7-6-16(18(26-2)19(17)27-3)14-22-9-11-23(12-10-22)20(24)15-5-4-8-21-13-15/h4-8,13H,9-12,14H2,1-3H3/p+1. The van der Waals surface area contributed by atoms with E-state index in [0.717, 1.165) is 38.3 Å². The average Bonchev–Trinajstić information content (AvgIpc) is 2.73. The van der Waals surface area contributed by atoms with E-state index < -0.39 is 0 Å². The Labute approximate surface area is 159 Å². The van der Waals surface area contributed by atoms with Crippen LogP contribution in [0.25, 0.3) is 0 Å². The average molecular weight is 372 g/mol. The monoisotopic (exact) mass is 372 g/mol. The highest BCUT2D eigenvalue weighted by Gasteiger charge is 2.26. The summed E-state index contributed by atoms with van der Waals surface area (Å²) in [4.78, 5) is 19.9. The Bertz CT molecular complexity index is 774. The van der Waals surface area contributed by atoms with E-state index in [-0.39, 0.29) is 5.91 Å². The highest BCUT2D eigenvalue weighted by Crippen LogP contribution is 2.39. The summed E-state index contributed by atoms with van der Waals surface area (Å²) in [6, 6.07) is 7.51. The van der Waals surface area contributed by atoms with Crippen LogP contribution in [-0.4, -0.2) is 63.3 Å². The lowest BCUT2D eigenvalue weighted by Crippen LogP contribution is -3.13. The summed E-state index contributed by atoms with van der Waals surface area (Å²) in [5.41, 5.74) is 1.71. The molecular formula is C20H26N3O4+. The van der Waals surface area contributed by atoms with E-state index in [4.69, 9.17) is 14.2 Å². The molecule has 0 spiro atoms. The van der Waals surface area contributed by atoms with Gasteiger partial charge in [-0.15, -0.1) is 0 Å². The lowest BCUT2D eigenvalue weighted by atomic mass is 10.1. The van der Waals surface area contributed by atoms with Gasteiger partial charge in [-0.05, 0) is 24.3 Å². The molecule has 144 valence electrons. The molecule has 7 heteroatoms. The molecule has 0 unspecified atom stereocenters. The number of nitrogens with zero attached hydrogens (tertiary/aromatic N) is 2. The Morgan fingerprint density at radius 2 is 1.81 bits per heavy atom. The fraction of sp³-hybridized carbons (Fsp3) is 0.400. The zero-order chi connectivity index (χ0) is 19.2. The SMILES string of the molecule is COc1ccc(C[NH+]2CCN(C(=O)c3cccnc3)CC2)c(OC)c1OC. The minimum absolute atomic E-state index is 0.0471. The van der Waals surface area contributed by atoms with Crippen molar-refractivity contribution in [2.75, 3.05) is 47.5 Å². The van der Waals surface area contributed by atoms with Crippen LogP contribution in [0.15, 0.2) is 36.7 Å². The number of quaternary nitrogens is 1. The normalized spacial score (nSPS) is 14.7. The second kappa shape index (κ2) is 8.73. The molecule has 0 atom stereocenters. The van der Waals surface area contributed by atoms with Crippen LogP contribution in [0.2, 0.25) is 0 Å². The number of pyridine rings is 1. The van der Waals surface area contributed by atoms with Crippen LogP contribution in [0, 0.1) is 0 Å². The number of methoxy groups -OCH3 is 3. The van der Waals surface area contributed by atoms with E-state index in [1.807, 2.05) is 23.1 Å². The van der Waals surface area contributed by atoms with Crippen molar-refractivity contribution in [1.82, 2.24) is 9.88 Å². The molecule has 1 N–H and O–H groups in total. The summed E-state index contributed by atoms with van der Waals surface area (Å²) in [5.74, 6) is 2.02. The van der Waals surface area contributed by atoms with Crippen molar-refractivity contribution in [2.24, 2.45) is 0 Å². The quantitative estimate of drug-likeness (QED) is 0.807. The third-order valence-electron chi connectivity index (χ3n) is 4.89. The number of aromatic nitrogens is 1. The van der Waals surface area contributed by atoms with Crippen molar-refractivity contribution in [1.29, 1.82) is 0 Å². The van der Waals surface area contributed by atoms with Crippen LogP contribution >= 0.6 is 0 Å². The van der Waals surface area contributed by atoms with Crippen molar-refractivity contribution in [3.8, 4) is 17.2 Å². The van der Waals surface area contributed by atoms with Gasteiger partial charge in [0.1, 0.15) is 6.54 Å². The summed E-state index contributed by atoms with van der Waals surface area (Å²) in [5, 5.41) is 0. The van der Waals surface area contributed by atoms with E-state index in [1.54, 1.807) is 39.8 Å². The van der Waals surface area contributed by atoms with Gasteiger partial charge in [0.25, 0.3) is 5.91 Å². The van der Waals surface area contributed by atoms with Gasteiger partial charge in [-0.25, -0.2) is 0 Å². The van der Waals surface area contributed by atoms with Crippen molar-refractivity contribution < 1.29 is 23.9 Å². The molecule has 1 saturated heterocycles. The minimum atomic E-state index is 0.0471. The maximum Gasteiger partial charge on any atom is 0.255 e. The summed E-state index contributed by atoms with van der Waals surface area (Å²) in [7, 11) is 4.86. The van der Waals surface area contributed by atoms with Crippen LogP contribution < -0.4 is 19.1 Å². The maximum absolute atomic E-state index is 12.5. The molecule has 2 heterocycles. The molecule has 1 aromatic carbocycles. The molecule has 1 amide bonds. The van der Waals surface area contributed by atoms with Gasteiger partial charge < -0.3 is 24.0 Å². The Kier molecular flexibility index (Phi) is 6.13. The van der Waals surface area contributed by atoms with Crippen LogP contribution in [0.1, 0.15) is 15.9 Å². The second-order valence-corrected chi connectivity index (χ2v) is 6.45. The molecular weight excluding hydrogens is 346 g/mol. The Morgan fingerprint density at radius 3 is 2.41 bits per heavy atom. The molecule has 1 aliphatic rings. The summed E-state index contributed by atoms with van der Waals surface area (Å²) >= 11 is 0. The van der Waals surface area contributed by atoms with E-state index in [9.17, 15) is 4.79 Å². The molecule has 3 rings (SSSR count). The fourth-order valence-electron chi connectivity index (χ4n) is 3.45. The summed E-state index contributed by atoms with van der Waals surface area (Å²) in [6.45, 7) is 4.00. The first-order valence-electron chi connectivity index (χ1n) is 8.98. The lowest BCUT2D eigenvalue weighted by molar-refractivity contribution is -0.917. The molecule has 1 aliphatic heterocycles. The van der Waals surface area contributed by atoms with Crippen LogP contribution in [0.5, 0.6) is 17.2 Å². The molecule has 0 saturated carbocycles. The molecule has 27 heavy (non-hydrogen) atoms. The number of carbonyl (C=O) groups is 1. The number of benzene rings is 1. The van der Waals surface area contributed by atoms with Gasteiger partial charge in [0.15, 0.2) is 11.5 Å². The largest absolute Gasteiger partial charge is 0.493 e. The van der Waals surface area contributed by atoms with Gasteiger partial charge in [-0.2, -0.15) is 0 Å². The molecule has 7 nitrogen and oxygen atoms in total. The third kappa shape index (κ3) is 4.14. The van der Waals surface area contributed by atoms with E-state index in [1.165, 1.54) is 4.90 Å². The van der Waals surface area contributed by atoms with Crippen LogP contribution in [0.4, 0.5) is 0 Å². The number of piperazine rings is 1. The summed E-state index contributed by atoms with van der Waals surface area (Å²) in [6.07, 6.45) is 3.30. The lowest BCUT2D eigenvalue weighted by Gasteiger charge is -2.32. The summed E-state index contributed by atoms with van der Waals surface area (Å²) < 4.78 is 16.4. The smallest absolute Gasteiger partial charge is 0.255 e. The molecule has 0 bridgehead atoms. The van der Waals surface area contributed by atoms with Crippen molar-refractivity contribution >= 4 is 5.91 Å². The first kappa shape index (κ1) is 19.0. The first-order chi connectivity index (χ1) is 13.2. The number of rotatable bonds is 6. The van der Waals surface area contributed by atoms with Gasteiger partial charge in [0.2, 0.25) is 5.75 Å². The van der Waals surface area contributed by atoms with Gasteiger partial charge in [-0.1, -0.05) is 0 Å². The van der Waals surface area contributed by atoms with Gasteiger partial charge in [0.05, 0.1) is 58.6 Å². The highest BCUT2D eigenvalue weighted by atomic mass is 16.5. The Hall–Kier alpha value is -2.80. The number of hydrogen-bond acceptors (Lipinski definition) is 5. The zero-order valence-corrected chi connectivity index (χ0v) is 16.0. The highest BCUT2D eigenvalue weighted by molar-refractivity contribution is 5.93. The third-order valence-corrected chi connectivity index (χ3v) is 4.89. The number of ether oxygens (including phenoxy) is 3. The van der Waals surface area contributed by atoms with Crippen molar-refractivity contribution in [2.45, 2.75) is 6.54 Å². The molecule has 2 aromatic rings. The molecule has 1 aromatic heterocycles. The molecule has 0 aliphatic carbocycles. The Morgan fingerprint density at radius 1 is 1.07 bits per heavy atom. The Balaban J connectivity index is 1.65. The van der Waals surface area contributed by atoms with Crippen molar-refractivity contribution in [3.63, 3.8) is 0 Å². The maximum atomic E-state index is 12.5. The number of hydrogen-bond donors (Lipinski definition) is 1. The number of nitrogens with one attached hydrogen (secondary N) is 1. The number of amides is 1. The minimum Gasteiger partial charge on any atom is -0.493 e. The zero-order valence-electron chi connectivity index (χ0n) is 16.0. The van der Waals surface area contributed by atoms with Crippen molar-refractivity contribution in [3.05, 3.63) is 47.8 Å². The van der Waals surface area contributed by atoms with Crippen LogP contribution in [0.3, 0.4) is 0 Å². The van der Waals surface area contributed by atoms with Crippen LogP contribution in [-0.2, 0) is 6.54 Å². The topological polar surface area (TPSA) is 65.3 Å². The van der Waals surface area contributed by atoms with Gasteiger partial charge >= 0.3 is 0 Å². The van der Waals surface area contributed by atoms with Gasteiger partial charge in [-0.3, -0.25) is 9.78 Å². The van der Waals surface area contributed by atoms with E-state index >= 15 is 0 Å². The predicted octanol–water partition coefficient (Wildman–Crippen LogP) is 0.648. The first-order valence-corrected chi connectivity index (χ1v) is 8.98. The second-order valence-electron chi connectivity index (χ2n) is 6.45. The van der Waals surface area contributed by atoms with E-state index in [2.05, 4.69) is 4.98 Å². The predicted molar refractivity (Wildman–Crippen MR) is 101 cm³/mol. The number of carbonyl (C=O) groups excluding carboxylic acids is 1. The molecule has 0 radical (unpaired) electrons. The fourth-order valence-corrected chi connectivity index (χ4v) is 3.45. The molecule has 1 fully saturated rings. The van der Waals surface area contributed by atoms with Gasteiger partial charge in [0, 0.05) is 12.4 Å². The van der Waals surface area contributed by atoms with E-state index in [0.29, 0.717) is 22.8 Å².